The standard InChI is InChI=1S/C16H24N4O2/c1-4-18(5-2)8-6-7-16(22)19-9-10-20-14(13(3)21)11-17-15(20)12-19/h6-7,11H,4-5,8-10,12H2,1-3H3/b7-6+. The van der Waals surface area contributed by atoms with Crippen molar-refractivity contribution < 1.29 is 9.59 Å². The Kier molecular flexibility index (Phi) is 5.49. The molecule has 2 rings (SSSR count). The number of hydrogen-bond acceptors (Lipinski definition) is 4. The molecular formula is C16H24N4O2. The minimum absolute atomic E-state index is 0.00535. The summed E-state index contributed by atoms with van der Waals surface area (Å²) in [5.74, 6) is 0.797. The molecule has 0 aliphatic carbocycles. The molecule has 1 aromatic heterocycles. The molecule has 1 aliphatic heterocycles. The smallest absolute Gasteiger partial charge is 0.246 e. The lowest BCUT2D eigenvalue weighted by Crippen LogP contribution is -2.38. The van der Waals surface area contributed by atoms with E-state index in [1.807, 2.05) is 10.6 Å². The van der Waals surface area contributed by atoms with Crippen LogP contribution in [0.1, 0.15) is 37.1 Å². The molecule has 0 atom stereocenters. The fraction of sp³-hybridized carbons (Fsp3) is 0.562. The summed E-state index contributed by atoms with van der Waals surface area (Å²) in [4.78, 5) is 32.0. The van der Waals surface area contributed by atoms with Gasteiger partial charge in [0.15, 0.2) is 5.78 Å². The Morgan fingerprint density at radius 3 is 2.68 bits per heavy atom. The Bertz CT molecular complexity index is 573. The largest absolute Gasteiger partial charge is 0.330 e. The number of hydrogen-bond donors (Lipinski definition) is 0. The van der Waals surface area contributed by atoms with Crippen molar-refractivity contribution in [2.45, 2.75) is 33.9 Å². The van der Waals surface area contributed by atoms with Crippen LogP contribution in [0.3, 0.4) is 0 Å². The third kappa shape index (κ3) is 3.62. The number of Topliss-reactive ketones (excluding diaryl/α,β-unsaturated/α-hetero) is 1. The molecule has 0 N–H and O–H groups in total. The van der Waals surface area contributed by atoms with Crippen LogP contribution in [0.15, 0.2) is 18.3 Å². The lowest BCUT2D eigenvalue weighted by atomic mass is 10.3. The summed E-state index contributed by atoms with van der Waals surface area (Å²) in [6.45, 7) is 10.2. The number of imidazole rings is 1. The van der Waals surface area contributed by atoms with Crippen molar-refractivity contribution in [3.05, 3.63) is 29.9 Å². The molecule has 1 aromatic rings. The van der Waals surface area contributed by atoms with Crippen molar-refractivity contribution in [3.63, 3.8) is 0 Å². The summed E-state index contributed by atoms with van der Waals surface area (Å²) in [5.41, 5.74) is 0.624. The van der Waals surface area contributed by atoms with Crippen molar-refractivity contribution in [2.24, 2.45) is 0 Å². The van der Waals surface area contributed by atoms with Crippen LogP contribution in [0.2, 0.25) is 0 Å². The molecule has 1 aliphatic rings. The number of fused-ring (bicyclic) bond motifs is 1. The van der Waals surface area contributed by atoms with Crippen molar-refractivity contribution in [3.8, 4) is 0 Å². The first-order chi connectivity index (χ1) is 10.6. The van der Waals surface area contributed by atoms with E-state index in [4.69, 9.17) is 0 Å². The van der Waals surface area contributed by atoms with Gasteiger partial charge in [0, 0.05) is 32.6 Å². The zero-order chi connectivity index (χ0) is 16.1. The molecule has 0 spiro atoms. The van der Waals surface area contributed by atoms with Gasteiger partial charge >= 0.3 is 0 Å². The van der Waals surface area contributed by atoms with E-state index in [0.717, 1.165) is 25.5 Å². The van der Waals surface area contributed by atoms with Crippen LogP contribution >= 0.6 is 0 Å². The number of ketones is 1. The maximum atomic E-state index is 12.2. The van der Waals surface area contributed by atoms with Crippen LogP contribution in [0, 0.1) is 0 Å². The van der Waals surface area contributed by atoms with E-state index in [0.29, 0.717) is 25.3 Å². The van der Waals surface area contributed by atoms with E-state index in [1.54, 1.807) is 17.2 Å². The van der Waals surface area contributed by atoms with Gasteiger partial charge in [-0.1, -0.05) is 19.9 Å². The minimum Gasteiger partial charge on any atom is -0.330 e. The third-order valence-electron chi connectivity index (χ3n) is 4.05. The molecule has 0 bridgehead atoms. The van der Waals surface area contributed by atoms with Crippen molar-refractivity contribution in [1.29, 1.82) is 0 Å². The van der Waals surface area contributed by atoms with Crippen molar-refractivity contribution >= 4 is 11.7 Å². The predicted molar refractivity (Wildman–Crippen MR) is 84.6 cm³/mol. The lowest BCUT2D eigenvalue weighted by Gasteiger charge is -2.27. The second-order valence-electron chi connectivity index (χ2n) is 5.42. The fourth-order valence-electron chi connectivity index (χ4n) is 2.62. The Hall–Kier alpha value is -1.95. The summed E-state index contributed by atoms with van der Waals surface area (Å²) in [5, 5.41) is 0. The van der Waals surface area contributed by atoms with Gasteiger partial charge < -0.3 is 14.4 Å². The molecule has 22 heavy (non-hydrogen) atoms. The highest BCUT2D eigenvalue weighted by molar-refractivity contribution is 5.92. The number of likely N-dealkylation sites (N-methyl/N-ethyl adjacent to an activating group) is 1. The minimum atomic E-state index is 0.00535. The lowest BCUT2D eigenvalue weighted by molar-refractivity contribution is -0.127. The third-order valence-corrected chi connectivity index (χ3v) is 4.05. The molecule has 1 amide bonds. The Morgan fingerprint density at radius 2 is 2.05 bits per heavy atom. The molecule has 120 valence electrons. The van der Waals surface area contributed by atoms with Gasteiger partial charge in [0.1, 0.15) is 11.5 Å². The Balaban J connectivity index is 1.96. The van der Waals surface area contributed by atoms with E-state index in [1.165, 1.54) is 6.92 Å². The molecule has 0 fully saturated rings. The quantitative estimate of drug-likeness (QED) is 0.587. The molecule has 0 radical (unpaired) electrons. The molecular weight excluding hydrogens is 280 g/mol. The number of amides is 1. The average Bonchev–Trinajstić information content (AvgIpc) is 2.94. The summed E-state index contributed by atoms with van der Waals surface area (Å²) in [6.07, 6.45) is 5.15. The second-order valence-corrected chi connectivity index (χ2v) is 5.42. The van der Waals surface area contributed by atoms with Crippen molar-refractivity contribution in [2.75, 3.05) is 26.2 Å². The number of carbonyl (C=O) groups excluding carboxylic acids is 2. The molecule has 0 aromatic carbocycles. The van der Waals surface area contributed by atoms with Crippen LogP contribution in [0.5, 0.6) is 0 Å². The number of carbonyl (C=O) groups is 2. The van der Waals surface area contributed by atoms with Crippen molar-refractivity contribution in [1.82, 2.24) is 19.4 Å². The van der Waals surface area contributed by atoms with E-state index >= 15 is 0 Å². The van der Waals surface area contributed by atoms with Gasteiger partial charge in [0.05, 0.1) is 12.7 Å². The fourth-order valence-corrected chi connectivity index (χ4v) is 2.62. The molecule has 0 unspecified atom stereocenters. The molecule has 0 saturated carbocycles. The summed E-state index contributed by atoms with van der Waals surface area (Å²) in [6, 6.07) is 0. The van der Waals surface area contributed by atoms with Gasteiger partial charge in [-0.3, -0.25) is 9.59 Å². The molecule has 0 saturated heterocycles. The zero-order valence-electron chi connectivity index (χ0n) is 13.6. The maximum absolute atomic E-state index is 12.2. The van der Waals surface area contributed by atoms with Gasteiger partial charge in [0.2, 0.25) is 5.91 Å². The van der Waals surface area contributed by atoms with Gasteiger partial charge in [0.25, 0.3) is 0 Å². The molecule has 2 heterocycles. The van der Waals surface area contributed by atoms with Crippen LogP contribution in [0.25, 0.3) is 0 Å². The summed E-state index contributed by atoms with van der Waals surface area (Å²) < 4.78 is 1.91. The monoisotopic (exact) mass is 304 g/mol. The summed E-state index contributed by atoms with van der Waals surface area (Å²) >= 11 is 0. The Morgan fingerprint density at radius 1 is 1.32 bits per heavy atom. The van der Waals surface area contributed by atoms with Gasteiger partial charge in [-0.15, -0.1) is 0 Å². The van der Waals surface area contributed by atoms with Gasteiger partial charge in [-0.05, 0) is 13.1 Å². The number of aromatic nitrogens is 2. The number of nitrogens with zero attached hydrogens (tertiary/aromatic N) is 4. The zero-order valence-corrected chi connectivity index (χ0v) is 13.6. The van der Waals surface area contributed by atoms with Crippen LogP contribution in [-0.4, -0.2) is 57.2 Å². The SMILES string of the molecule is CCN(CC)C/C=C/C(=O)N1CCn2c(C(C)=O)cnc2C1. The first kappa shape index (κ1) is 16.4. The first-order valence-corrected chi connectivity index (χ1v) is 7.79. The van der Waals surface area contributed by atoms with Gasteiger partial charge in [-0.2, -0.15) is 0 Å². The highest BCUT2D eigenvalue weighted by Gasteiger charge is 2.23. The predicted octanol–water partition coefficient (Wildman–Crippen LogP) is 1.33. The van der Waals surface area contributed by atoms with Gasteiger partial charge in [-0.25, -0.2) is 4.98 Å². The van der Waals surface area contributed by atoms with E-state index < -0.39 is 0 Å². The summed E-state index contributed by atoms with van der Waals surface area (Å²) in [7, 11) is 0. The maximum Gasteiger partial charge on any atom is 0.246 e. The van der Waals surface area contributed by atoms with Crippen LogP contribution < -0.4 is 0 Å². The molecule has 6 heteroatoms. The second kappa shape index (κ2) is 7.35. The van der Waals surface area contributed by atoms with Crippen LogP contribution in [0.4, 0.5) is 0 Å². The normalized spacial score (nSPS) is 14.6. The highest BCUT2D eigenvalue weighted by Crippen LogP contribution is 2.15. The van der Waals surface area contributed by atoms with Crippen LogP contribution in [-0.2, 0) is 17.9 Å². The van der Waals surface area contributed by atoms with E-state index in [-0.39, 0.29) is 11.7 Å². The highest BCUT2D eigenvalue weighted by atomic mass is 16.2. The Labute approximate surface area is 131 Å². The molecule has 6 nitrogen and oxygen atoms in total. The topological polar surface area (TPSA) is 58.4 Å². The van der Waals surface area contributed by atoms with E-state index in [2.05, 4.69) is 23.7 Å². The van der Waals surface area contributed by atoms with E-state index in [9.17, 15) is 9.59 Å². The number of rotatable bonds is 6. The first-order valence-electron chi connectivity index (χ1n) is 7.79. The average molecular weight is 304 g/mol.